The molecule has 26 heavy (non-hydrogen) atoms. The molecule has 0 aliphatic carbocycles. The van der Waals surface area contributed by atoms with Gasteiger partial charge in [-0.25, -0.2) is 13.6 Å². The van der Waals surface area contributed by atoms with Crippen LogP contribution in [-0.4, -0.2) is 18.8 Å². The summed E-state index contributed by atoms with van der Waals surface area (Å²) in [5.41, 5.74) is 2.37. The number of benzene rings is 2. The van der Waals surface area contributed by atoms with E-state index in [9.17, 15) is 13.6 Å². The van der Waals surface area contributed by atoms with Gasteiger partial charge in [-0.2, -0.15) is 0 Å². The maximum Gasteiger partial charge on any atom is 0.337 e. The lowest BCUT2D eigenvalue weighted by Crippen LogP contribution is -2.06. The minimum atomic E-state index is -2.53. The lowest BCUT2D eigenvalue weighted by Gasteiger charge is -2.13. The van der Waals surface area contributed by atoms with Crippen LogP contribution in [0.1, 0.15) is 59.8 Å². The van der Waals surface area contributed by atoms with Gasteiger partial charge in [-0.15, -0.1) is 0 Å². The average molecular weight is 361 g/mol. The van der Waals surface area contributed by atoms with E-state index in [2.05, 4.69) is 5.16 Å². The first-order chi connectivity index (χ1) is 12.5. The van der Waals surface area contributed by atoms with Gasteiger partial charge in [0.15, 0.2) is 0 Å². The van der Waals surface area contributed by atoms with Gasteiger partial charge in [-0.1, -0.05) is 42.4 Å². The molecule has 0 bridgehead atoms. The second kappa shape index (κ2) is 9.08. The molecule has 0 saturated carbocycles. The van der Waals surface area contributed by atoms with Crippen LogP contribution >= 0.6 is 0 Å². The maximum atomic E-state index is 12.8. The van der Waals surface area contributed by atoms with Gasteiger partial charge in [0, 0.05) is 11.1 Å². The Bertz CT molecular complexity index is 790. The summed E-state index contributed by atoms with van der Waals surface area (Å²) in [5.74, 6) is -0.430. The normalized spacial score (nSPS) is 12.8. The number of carbonyl (C=O) groups excluding carboxylic acids is 1. The van der Waals surface area contributed by atoms with Gasteiger partial charge < -0.3 is 9.57 Å². The number of esters is 1. The van der Waals surface area contributed by atoms with Crippen molar-refractivity contribution < 1.29 is 23.1 Å². The molecule has 2 aromatic carbocycles. The van der Waals surface area contributed by atoms with Gasteiger partial charge in [0.2, 0.25) is 0 Å². The Morgan fingerprint density at radius 3 is 2.38 bits per heavy atom. The zero-order chi connectivity index (χ0) is 19.1. The largest absolute Gasteiger partial charge is 0.465 e. The Hall–Kier alpha value is -2.76. The van der Waals surface area contributed by atoms with Crippen molar-refractivity contribution in [1.29, 1.82) is 0 Å². The highest BCUT2D eigenvalue weighted by Crippen LogP contribution is 2.24. The van der Waals surface area contributed by atoms with Crippen molar-refractivity contribution in [3.63, 3.8) is 0 Å². The second-order valence-corrected chi connectivity index (χ2v) is 5.68. The fourth-order valence-electron chi connectivity index (χ4n) is 2.42. The lowest BCUT2D eigenvalue weighted by molar-refractivity contribution is 0.0600. The van der Waals surface area contributed by atoms with Gasteiger partial charge in [-0.05, 0) is 37.1 Å². The van der Waals surface area contributed by atoms with Crippen LogP contribution in [0.25, 0.3) is 0 Å². The Labute approximate surface area is 151 Å². The van der Waals surface area contributed by atoms with E-state index in [4.69, 9.17) is 9.57 Å². The van der Waals surface area contributed by atoms with E-state index in [-0.39, 0.29) is 5.56 Å². The molecule has 0 radical (unpaired) electrons. The first-order valence-electron chi connectivity index (χ1n) is 8.25. The molecule has 1 atom stereocenters. The third-order valence-corrected chi connectivity index (χ3v) is 3.90. The lowest BCUT2D eigenvalue weighted by atomic mass is 10.1. The number of hydrogen-bond donors (Lipinski definition) is 0. The summed E-state index contributed by atoms with van der Waals surface area (Å²) in [6.07, 6.45) is -2.44. The molecule has 0 saturated heterocycles. The number of hydrogen-bond acceptors (Lipinski definition) is 4. The first kappa shape index (κ1) is 19.6. The zero-order valence-electron chi connectivity index (χ0n) is 14.9. The Morgan fingerprint density at radius 2 is 1.73 bits per heavy atom. The number of alkyl halides is 2. The van der Waals surface area contributed by atoms with Crippen molar-refractivity contribution in [1.82, 2.24) is 0 Å². The van der Waals surface area contributed by atoms with Crippen molar-refractivity contribution in [2.75, 3.05) is 7.11 Å². The molecule has 138 valence electrons. The van der Waals surface area contributed by atoms with E-state index in [0.29, 0.717) is 23.3 Å². The van der Waals surface area contributed by atoms with E-state index in [1.54, 1.807) is 37.3 Å². The molecule has 1 unspecified atom stereocenters. The SMILES string of the molecule is CC/C(=N\OC(C)c1cccc(C(F)F)c1)c1cccc(C(=O)OC)c1. The Kier molecular flexibility index (Phi) is 6.83. The van der Waals surface area contributed by atoms with Gasteiger partial charge >= 0.3 is 5.97 Å². The molecule has 0 N–H and O–H groups in total. The molecule has 0 fully saturated rings. The minimum Gasteiger partial charge on any atom is -0.465 e. The summed E-state index contributed by atoms with van der Waals surface area (Å²) in [7, 11) is 1.32. The van der Waals surface area contributed by atoms with Crippen molar-refractivity contribution in [3.05, 3.63) is 70.8 Å². The molecular weight excluding hydrogens is 340 g/mol. The molecule has 6 heteroatoms. The summed E-state index contributed by atoms with van der Waals surface area (Å²) in [4.78, 5) is 17.2. The Morgan fingerprint density at radius 1 is 1.08 bits per heavy atom. The average Bonchev–Trinajstić information content (AvgIpc) is 2.68. The smallest absolute Gasteiger partial charge is 0.337 e. The topological polar surface area (TPSA) is 47.9 Å². The molecule has 4 nitrogen and oxygen atoms in total. The summed E-state index contributed by atoms with van der Waals surface area (Å²) in [6.45, 7) is 3.65. The molecule has 0 spiro atoms. The fraction of sp³-hybridized carbons (Fsp3) is 0.300. The minimum absolute atomic E-state index is 0.0524. The molecule has 0 aliphatic rings. The first-order valence-corrected chi connectivity index (χ1v) is 8.25. The number of rotatable bonds is 7. The maximum absolute atomic E-state index is 12.8. The zero-order valence-corrected chi connectivity index (χ0v) is 14.9. The summed E-state index contributed by atoms with van der Waals surface area (Å²) >= 11 is 0. The molecular formula is C20H21F2NO3. The van der Waals surface area contributed by atoms with E-state index >= 15 is 0 Å². The van der Waals surface area contributed by atoms with E-state index in [1.807, 2.05) is 13.0 Å². The number of carbonyl (C=O) groups is 1. The Balaban J connectivity index is 2.19. The van der Waals surface area contributed by atoms with Gasteiger partial charge in [0.25, 0.3) is 6.43 Å². The molecule has 0 amide bonds. The van der Waals surface area contributed by atoms with Crippen LogP contribution in [0.2, 0.25) is 0 Å². The van der Waals surface area contributed by atoms with Gasteiger partial charge in [0.1, 0.15) is 6.10 Å². The monoisotopic (exact) mass is 361 g/mol. The number of oxime groups is 1. The van der Waals surface area contributed by atoms with Crippen LogP contribution in [0.5, 0.6) is 0 Å². The standard InChI is InChI=1S/C20H21F2NO3/c1-4-18(15-8-6-10-17(12-15)20(24)25-3)23-26-13(2)14-7-5-9-16(11-14)19(21)22/h5-13,19H,4H2,1-3H3/b23-18+. The third-order valence-electron chi connectivity index (χ3n) is 3.90. The molecule has 0 aliphatic heterocycles. The van der Waals surface area contributed by atoms with E-state index in [1.165, 1.54) is 19.2 Å². The summed E-state index contributed by atoms with van der Waals surface area (Å²) in [6, 6.07) is 13.0. The van der Waals surface area contributed by atoms with Gasteiger partial charge in [0.05, 0.1) is 18.4 Å². The molecule has 0 heterocycles. The van der Waals surface area contributed by atoms with Crippen LogP contribution in [0.4, 0.5) is 8.78 Å². The van der Waals surface area contributed by atoms with Crippen LogP contribution < -0.4 is 0 Å². The molecule has 0 aromatic heterocycles. The van der Waals surface area contributed by atoms with Crippen molar-refractivity contribution in [2.24, 2.45) is 5.16 Å². The third kappa shape index (κ3) is 4.88. The predicted octanol–water partition coefficient (Wildman–Crippen LogP) is 5.30. The summed E-state index contributed by atoms with van der Waals surface area (Å²) < 4.78 is 30.4. The van der Waals surface area contributed by atoms with Crippen LogP contribution in [0.3, 0.4) is 0 Å². The fourth-order valence-corrected chi connectivity index (χ4v) is 2.42. The van der Waals surface area contributed by atoms with Crippen molar-refractivity contribution in [2.45, 2.75) is 32.8 Å². The van der Waals surface area contributed by atoms with Crippen molar-refractivity contribution >= 4 is 11.7 Å². The van der Waals surface area contributed by atoms with Crippen LogP contribution in [0, 0.1) is 0 Å². The highest BCUT2D eigenvalue weighted by molar-refractivity contribution is 6.02. The van der Waals surface area contributed by atoms with Crippen LogP contribution in [-0.2, 0) is 9.57 Å². The highest BCUT2D eigenvalue weighted by Gasteiger charge is 2.13. The molecule has 2 aromatic rings. The second-order valence-electron chi connectivity index (χ2n) is 5.68. The number of halogens is 2. The van der Waals surface area contributed by atoms with E-state index in [0.717, 1.165) is 5.56 Å². The molecule has 2 rings (SSSR count). The van der Waals surface area contributed by atoms with Gasteiger partial charge in [-0.3, -0.25) is 0 Å². The summed E-state index contributed by atoms with van der Waals surface area (Å²) in [5, 5.41) is 4.17. The predicted molar refractivity (Wildman–Crippen MR) is 95.5 cm³/mol. The highest BCUT2D eigenvalue weighted by atomic mass is 19.3. The quantitative estimate of drug-likeness (QED) is 0.382. The van der Waals surface area contributed by atoms with Crippen molar-refractivity contribution in [3.8, 4) is 0 Å². The van der Waals surface area contributed by atoms with Crippen LogP contribution in [0.15, 0.2) is 53.7 Å². The van der Waals surface area contributed by atoms with E-state index < -0.39 is 18.5 Å². The number of nitrogens with zero attached hydrogens (tertiary/aromatic N) is 1. The number of methoxy groups -OCH3 is 1. The number of ether oxygens (including phenoxy) is 1.